The van der Waals surface area contributed by atoms with E-state index in [1.54, 1.807) is 19.1 Å². The molecule has 0 aromatic heterocycles. The van der Waals surface area contributed by atoms with Crippen LogP contribution in [0, 0.1) is 17.8 Å². The van der Waals surface area contributed by atoms with Gasteiger partial charge in [0, 0.05) is 41.4 Å². The van der Waals surface area contributed by atoms with Gasteiger partial charge in [-0.1, -0.05) is 11.6 Å². The molecule has 10 nitrogen and oxygen atoms in total. The van der Waals surface area contributed by atoms with Gasteiger partial charge in [0.15, 0.2) is 23.1 Å². The third-order valence-corrected chi connectivity index (χ3v) is 9.88. The molecule has 1 N–H and O–H groups in total. The highest BCUT2D eigenvalue weighted by Gasteiger charge is 2.56. The first-order valence-electron chi connectivity index (χ1n) is 15.2. The van der Waals surface area contributed by atoms with Crippen molar-refractivity contribution in [3.8, 4) is 17.2 Å². The van der Waals surface area contributed by atoms with Gasteiger partial charge in [0.05, 0.1) is 45.0 Å². The minimum absolute atomic E-state index is 0.156. The van der Waals surface area contributed by atoms with Crippen LogP contribution >= 0.6 is 0 Å². The first kappa shape index (κ1) is 29.0. The third-order valence-electron chi connectivity index (χ3n) is 9.88. The fourth-order valence-electron chi connectivity index (χ4n) is 7.71. The zero-order valence-electron chi connectivity index (χ0n) is 25.4. The maximum absolute atomic E-state index is 14.2. The summed E-state index contributed by atoms with van der Waals surface area (Å²) in [5, 5.41) is 10.6. The van der Waals surface area contributed by atoms with Crippen molar-refractivity contribution in [2.45, 2.75) is 25.7 Å². The minimum Gasteiger partial charge on any atom is -0.502 e. The number of aromatic hydroxyl groups is 1. The van der Waals surface area contributed by atoms with Gasteiger partial charge in [-0.2, -0.15) is 0 Å². The number of allylic oxidation sites excluding steroid dienone is 6. The van der Waals surface area contributed by atoms with Gasteiger partial charge >= 0.3 is 0 Å². The Morgan fingerprint density at radius 2 is 1.53 bits per heavy atom. The summed E-state index contributed by atoms with van der Waals surface area (Å²) < 4.78 is 16.3. The smallest absolute Gasteiger partial charge is 0.238 e. The summed E-state index contributed by atoms with van der Waals surface area (Å²) in [6.07, 6.45) is 3.83. The van der Waals surface area contributed by atoms with Crippen LogP contribution in [0.2, 0.25) is 0 Å². The summed E-state index contributed by atoms with van der Waals surface area (Å²) in [4.78, 5) is 58.7. The normalized spacial score (nSPS) is 26.3. The number of rotatable bonds is 5. The highest BCUT2D eigenvalue weighted by Crippen LogP contribution is 2.56. The van der Waals surface area contributed by atoms with Gasteiger partial charge in [0.25, 0.3) is 0 Å². The van der Waals surface area contributed by atoms with E-state index in [2.05, 4.69) is 4.90 Å². The number of ketones is 2. The number of hydrogen-bond donors (Lipinski definition) is 1. The second-order valence-electron chi connectivity index (χ2n) is 12.1. The molecule has 2 aromatic rings. The lowest BCUT2D eigenvalue weighted by Gasteiger charge is -2.42. The SMILES string of the molecule is COc1cc([C@H]2C3=CC[C@@H]4C(=O)N(c5ccc(N6CCOCC6)cc5)C(=O)[C@@H]4[C@@H]3CC3=C2C(=O)C(C)=CC3=O)cc(OC)c1O. The molecule has 2 amide bonds. The second kappa shape index (κ2) is 11.0. The van der Waals surface area contributed by atoms with Gasteiger partial charge in [0.1, 0.15) is 0 Å². The predicted octanol–water partition coefficient (Wildman–Crippen LogP) is 3.88. The number of benzene rings is 2. The van der Waals surface area contributed by atoms with E-state index in [1.165, 1.54) is 25.2 Å². The lowest BCUT2D eigenvalue weighted by molar-refractivity contribution is -0.123. The molecule has 0 unspecified atom stereocenters. The van der Waals surface area contributed by atoms with E-state index < -0.39 is 23.7 Å². The molecule has 4 atom stereocenters. The maximum atomic E-state index is 14.2. The molecule has 2 aromatic carbocycles. The fraction of sp³-hybridized carbons (Fsp3) is 0.371. The Morgan fingerprint density at radius 3 is 2.18 bits per heavy atom. The van der Waals surface area contributed by atoms with Crippen LogP contribution in [0.1, 0.15) is 31.2 Å². The summed E-state index contributed by atoms with van der Waals surface area (Å²) in [6.45, 7) is 4.47. The van der Waals surface area contributed by atoms with Crippen LogP contribution in [-0.4, -0.2) is 69.0 Å². The number of carbonyl (C=O) groups excluding carboxylic acids is 4. The molecule has 0 bridgehead atoms. The van der Waals surface area contributed by atoms with E-state index in [1.807, 2.05) is 30.3 Å². The molecule has 5 aliphatic rings. The molecule has 2 saturated heterocycles. The van der Waals surface area contributed by atoms with E-state index in [9.17, 15) is 24.3 Å². The predicted molar refractivity (Wildman–Crippen MR) is 165 cm³/mol. The molecule has 3 aliphatic carbocycles. The summed E-state index contributed by atoms with van der Waals surface area (Å²) in [6, 6.07) is 10.7. The molecule has 2 fully saturated rings. The molecular formula is C35H34N2O8. The van der Waals surface area contributed by atoms with Gasteiger partial charge < -0.3 is 24.2 Å². The zero-order valence-corrected chi connectivity index (χ0v) is 25.4. The average molecular weight is 611 g/mol. The van der Waals surface area contributed by atoms with Crippen LogP contribution in [0.15, 0.2) is 70.8 Å². The molecule has 7 rings (SSSR count). The lowest BCUT2D eigenvalue weighted by atomic mass is 9.59. The van der Waals surface area contributed by atoms with Crippen LogP contribution in [-0.2, 0) is 23.9 Å². The average Bonchev–Trinajstić information content (AvgIpc) is 3.32. The molecule has 2 aliphatic heterocycles. The molecule has 0 radical (unpaired) electrons. The first-order chi connectivity index (χ1) is 21.7. The number of nitrogens with zero attached hydrogens (tertiary/aromatic N) is 2. The van der Waals surface area contributed by atoms with E-state index >= 15 is 0 Å². The summed E-state index contributed by atoms with van der Waals surface area (Å²) in [5.74, 6) is -3.37. The van der Waals surface area contributed by atoms with Crippen molar-refractivity contribution < 1.29 is 38.5 Å². The van der Waals surface area contributed by atoms with E-state index in [-0.39, 0.29) is 47.1 Å². The van der Waals surface area contributed by atoms with Gasteiger partial charge in [-0.3, -0.25) is 24.1 Å². The number of fused-ring (bicyclic) bond motifs is 3. The fourth-order valence-corrected chi connectivity index (χ4v) is 7.71. The van der Waals surface area contributed by atoms with Crippen molar-refractivity contribution in [3.63, 3.8) is 0 Å². The molecule has 45 heavy (non-hydrogen) atoms. The van der Waals surface area contributed by atoms with E-state index in [4.69, 9.17) is 14.2 Å². The lowest BCUT2D eigenvalue weighted by Crippen LogP contribution is -2.39. The van der Waals surface area contributed by atoms with Crippen LogP contribution in [0.25, 0.3) is 0 Å². The van der Waals surface area contributed by atoms with Crippen molar-refractivity contribution >= 4 is 34.8 Å². The number of anilines is 2. The number of Topliss-reactive ketones (excluding diaryl/α,β-unsaturated/α-hetero) is 1. The Bertz CT molecular complexity index is 1700. The van der Waals surface area contributed by atoms with Crippen molar-refractivity contribution in [2.24, 2.45) is 17.8 Å². The molecule has 0 spiro atoms. The van der Waals surface area contributed by atoms with E-state index in [0.29, 0.717) is 47.6 Å². The first-order valence-corrected chi connectivity index (χ1v) is 15.2. The monoisotopic (exact) mass is 610 g/mol. The molecule has 10 heteroatoms. The zero-order chi connectivity index (χ0) is 31.6. The van der Waals surface area contributed by atoms with Gasteiger partial charge in [0.2, 0.25) is 17.6 Å². The number of methoxy groups -OCH3 is 2. The summed E-state index contributed by atoms with van der Waals surface area (Å²) >= 11 is 0. The molecule has 0 saturated carbocycles. The topological polar surface area (TPSA) is 123 Å². The second-order valence-corrected chi connectivity index (χ2v) is 12.1. The highest BCUT2D eigenvalue weighted by atomic mass is 16.5. The Balaban J connectivity index is 1.29. The van der Waals surface area contributed by atoms with Gasteiger partial charge in [-0.15, -0.1) is 0 Å². The number of ether oxygens (including phenoxy) is 3. The van der Waals surface area contributed by atoms with Crippen LogP contribution in [0.4, 0.5) is 11.4 Å². The number of hydrogen-bond acceptors (Lipinski definition) is 9. The van der Waals surface area contributed by atoms with E-state index in [0.717, 1.165) is 24.4 Å². The van der Waals surface area contributed by atoms with Crippen LogP contribution < -0.4 is 19.3 Å². The number of imide groups is 1. The largest absolute Gasteiger partial charge is 0.502 e. The number of phenols is 1. The molecule has 2 heterocycles. The number of phenolic OH excluding ortho intramolecular Hbond substituents is 1. The minimum atomic E-state index is -0.691. The quantitative estimate of drug-likeness (QED) is 0.305. The summed E-state index contributed by atoms with van der Waals surface area (Å²) in [7, 11) is 2.84. The number of carbonyl (C=O) groups is 4. The number of amides is 2. The van der Waals surface area contributed by atoms with Crippen molar-refractivity contribution in [1.29, 1.82) is 0 Å². The third kappa shape index (κ3) is 4.49. The highest BCUT2D eigenvalue weighted by molar-refractivity contribution is 6.25. The van der Waals surface area contributed by atoms with Crippen molar-refractivity contribution in [2.75, 3.05) is 50.3 Å². The standard InChI is InChI=1S/C35H34N2O8/c1-18-14-26(38)25-17-24-22(29(31(25)32(18)39)19-15-27(43-2)33(40)28(16-19)44-3)8-9-23-30(24)35(42)37(34(23)41)21-6-4-20(5-7-21)36-10-12-45-13-11-36/h4-8,14-16,23-24,29-30,40H,9-13,17H2,1-3H3/t23-,24+,29-,30-/m0/s1. The van der Waals surface area contributed by atoms with Crippen LogP contribution in [0.5, 0.6) is 17.2 Å². The Labute approximate surface area is 260 Å². The summed E-state index contributed by atoms with van der Waals surface area (Å²) in [5.41, 5.74) is 3.98. The van der Waals surface area contributed by atoms with Crippen molar-refractivity contribution in [1.82, 2.24) is 0 Å². The van der Waals surface area contributed by atoms with Gasteiger partial charge in [-0.25, -0.2) is 0 Å². The Hall–Kier alpha value is -4.70. The maximum Gasteiger partial charge on any atom is 0.238 e. The van der Waals surface area contributed by atoms with Gasteiger partial charge in [-0.05, 0) is 73.7 Å². The molecular weight excluding hydrogens is 576 g/mol. The number of morpholine rings is 1. The van der Waals surface area contributed by atoms with Crippen molar-refractivity contribution in [3.05, 3.63) is 76.4 Å². The Kier molecular flexibility index (Phi) is 7.12. The Morgan fingerprint density at radius 1 is 0.889 bits per heavy atom. The van der Waals surface area contributed by atoms with Crippen LogP contribution in [0.3, 0.4) is 0 Å². The molecule has 232 valence electrons.